The number of carboxylic acid groups (broad SMARTS) is 1. The van der Waals surface area contributed by atoms with Crippen LogP contribution in [0, 0.1) is 25.7 Å². The van der Waals surface area contributed by atoms with Crippen LogP contribution in [0.2, 0.25) is 0 Å². The van der Waals surface area contributed by atoms with E-state index in [-0.39, 0.29) is 12.5 Å². The molecule has 1 unspecified atom stereocenters. The van der Waals surface area contributed by atoms with Gasteiger partial charge < -0.3 is 14.6 Å². The van der Waals surface area contributed by atoms with Gasteiger partial charge in [0.25, 0.3) is 0 Å². The lowest BCUT2D eigenvalue weighted by Crippen LogP contribution is -2.10. The van der Waals surface area contributed by atoms with Gasteiger partial charge in [0.1, 0.15) is 18.1 Å². The monoisotopic (exact) mass is 508 g/mol. The fraction of sp³-hybridized carbons (Fsp3) is 0.156. The summed E-state index contributed by atoms with van der Waals surface area (Å²) in [5, 5.41) is 8.79. The number of carbonyl (C=O) groups is 1. The van der Waals surface area contributed by atoms with Gasteiger partial charge in [-0.3, -0.25) is 0 Å². The van der Waals surface area contributed by atoms with Crippen LogP contribution in [-0.4, -0.2) is 24.3 Å². The molecule has 0 bridgehead atoms. The van der Waals surface area contributed by atoms with Crippen LogP contribution < -0.4 is 9.47 Å². The van der Waals surface area contributed by atoms with Crippen molar-refractivity contribution in [1.82, 2.24) is 0 Å². The van der Waals surface area contributed by atoms with Gasteiger partial charge in [-0.25, -0.2) is 4.79 Å². The summed E-state index contributed by atoms with van der Waals surface area (Å²) in [6.07, 6.45) is 4.04. The van der Waals surface area contributed by atoms with Crippen LogP contribution in [-0.2, 0) is 4.79 Å². The molecule has 3 aromatic carbocycles. The molecule has 0 fully saturated rings. The Kier molecular flexibility index (Phi) is 8.80. The highest BCUT2D eigenvalue weighted by Crippen LogP contribution is 2.29. The first kappa shape index (κ1) is 25.8. The molecular weight excluding hydrogens is 480 g/mol. The van der Waals surface area contributed by atoms with Crippen molar-refractivity contribution < 1.29 is 19.4 Å². The lowest BCUT2D eigenvalue weighted by Gasteiger charge is -2.10. The predicted molar refractivity (Wildman–Crippen MR) is 149 cm³/mol. The smallest absolute Gasteiger partial charge is 0.341 e. The number of ether oxygens (including phenoxy) is 2. The van der Waals surface area contributed by atoms with Gasteiger partial charge in [-0.15, -0.1) is 11.3 Å². The fourth-order valence-corrected chi connectivity index (χ4v) is 4.59. The number of allylic oxidation sites excluding steroid dienone is 1. The minimum absolute atomic E-state index is 0.0866. The Morgan fingerprint density at radius 1 is 0.973 bits per heavy atom. The van der Waals surface area contributed by atoms with E-state index in [4.69, 9.17) is 14.6 Å². The molecule has 4 aromatic rings. The third kappa shape index (κ3) is 7.60. The molecule has 0 aliphatic heterocycles. The van der Waals surface area contributed by atoms with Crippen LogP contribution in [0.15, 0.2) is 97.1 Å². The summed E-state index contributed by atoms with van der Waals surface area (Å²) in [4.78, 5) is 13.3. The second kappa shape index (κ2) is 12.6. The number of benzene rings is 3. The van der Waals surface area contributed by atoms with E-state index >= 15 is 0 Å². The highest BCUT2D eigenvalue weighted by Gasteiger charge is 2.08. The topological polar surface area (TPSA) is 55.8 Å². The van der Waals surface area contributed by atoms with Crippen molar-refractivity contribution in [1.29, 1.82) is 0 Å². The van der Waals surface area contributed by atoms with Gasteiger partial charge in [-0.2, -0.15) is 0 Å². The molecule has 37 heavy (non-hydrogen) atoms. The number of aliphatic carboxylic acids is 1. The largest absolute Gasteiger partial charge is 0.490 e. The van der Waals surface area contributed by atoms with Gasteiger partial charge >= 0.3 is 5.97 Å². The minimum Gasteiger partial charge on any atom is -0.490 e. The summed E-state index contributed by atoms with van der Waals surface area (Å²) in [7, 11) is 0. The van der Waals surface area contributed by atoms with Crippen molar-refractivity contribution in [3.63, 3.8) is 0 Å². The number of hydrogen-bond acceptors (Lipinski definition) is 4. The van der Waals surface area contributed by atoms with E-state index < -0.39 is 5.97 Å². The molecule has 4 rings (SSSR count). The average molecular weight is 509 g/mol. The van der Waals surface area contributed by atoms with Crippen molar-refractivity contribution >= 4 is 17.3 Å². The average Bonchev–Trinajstić information content (AvgIpc) is 3.34. The van der Waals surface area contributed by atoms with Gasteiger partial charge in [0.2, 0.25) is 0 Å². The lowest BCUT2D eigenvalue weighted by molar-refractivity contribution is -0.139. The second-order valence-corrected chi connectivity index (χ2v) is 9.78. The maximum Gasteiger partial charge on any atom is 0.341 e. The highest BCUT2D eigenvalue weighted by molar-refractivity contribution is 7.15. The molecule has 0 saturated carbocycles. The number of hydrogen-bond donors (Lipinski definition) is 1. The molecule has 0 amide bonds. The summed E-state index contributed by atoms with van der Waals surface area (Å²) >= 11 is 1.79. The molecular formula is C32H28O4S. The first-order chi connectivity index (χ1) is 18.0. The van der Waals surface area contributed by atoms with Crippen LogP contribution in [0.4, 0.5) is 0 Å². The first-order valence-electron chi connectivity index (χ1n) is 12.0. The zero-order valence-corrected chi connectivity index (χ0v) is 21.6. The molecule has 0 aliphatic carbocycles. The first-order valence-corrected chi connectivity index (χ1v) is 12.8. The van der Waals surface area contributed by atoms with Gasteiger partial charge in [-0.1, -0.05) is 60.4 Å². The quantitative estimate of drug-likeness (QED) is 0.191. The molecule has 5 heteroatoms. The Bertz CT molecular complexity index is 1420. The Hall–Kier alpha value is -4.27. The van der Waals surface area contributed by atoms with Crippen molar-refractivity contribution in [2.75, 3.05) is 13.2 Å². The summed E-state index contributed by atoms with van der Waals surface area (Å²) in [5.41, 5.74) is 4.11. The maximum absolute atomic E-state index is 10.7. The molecule has 1 aromatic heterocycles. The van der Waals surface area contributed by atoms with E-state index in [1.165, 1.54) is 15.3 Å². The maximum atomic E-state index is 10.7. The minimum atomic E-state index is -1.01. The fourth-order valence-electron chi connectivity index (χ4n) is 3.72. The number of aryl methyl sites for hydroxylation is 2. The molecule has 186 valence electrons. The predicted octanol–water partition coefficient (Wildman–Crippen LogP) is 7.27. The zero-order valence-electron chi connectivity index (χ0n) is 20.8. The molecule has 1 N–H and O–H groups in total. The van der Waals surface area contributed by atoms with E-state index in [1.807, 2.05) is 49.4 Å². The molecule has 0 spiro atoms. The van der Waals surface area contributed by atoms with Crippen molar-refractivity contribution in [3.05, 3.63) is 119 Å². The summed E-state index contributed by atoms with van der Waals surface area (Å²) < 4.78 is 11.2. The van der Waals surface area contributed by atoms with Crippen molar-refractivity contribution in [2.24, 2.45) is 0 Å². The van der Waals surface area contributed by atoms with E-state index in [2.05, 4.69) is 61.2 Å². The Morgan fingerprint density at radius 2 is 1.76 bits per heavy atom. The normalized spacial score (nSPS) is 11.5. The van der Waals surface area contributed by atoms with Crippen LogP contribution >= 0.6 is 11.3 Å². The standard InChI is InChI=1S/C32H28O4S/c1-23-21-29(17-18-30(23)36-22-32(33)34)35-20-6-9-26(12-11-25-7-4-3-5-8-25)27-13-15-28(16-14-27)31-19-10-24(2)37-31/h3-10,13-19,21,26H,20,22H2,1-2H3,(H,33,34)/b9-6-. The van der Waals surface area contributed by atoms with Crippen molar-refractivity contribution in [3.8, 4) is 33.8 Å². The van der Waals surface area contributed by atoms with E-state index in [0.29, 0.717) is 18.1 Å². The summed E-state index contributed by atoms with van der Waals surface area (Å²) in [6.45, 7) is 3.98. The number of carboxylic acids is 1. The Labute approximate surface area is 221 Å². The van der Waals surface area contributed by atoms with Crippen LogP contribution in [0.1, 0.15) is 27.5 Å². The second-order valence-electron chi connectivity index (χ2n) is 8.49. The van der Waals surface area contributed by atoms with Crippen LogP contribution in [0.25, 0.3) is 10.4 Å². The Balaban J connectivity index is 1.46. The van der Waals surface area contributed by atoms with Gasteiger partial charge in [0, 0.05) is 15.3 Å². The lowest BCUT2D eigenvalue weighted by atomic mass is 9.97. The highest BCUT2D eigenvalue weighted by atomic mass is 32.1. The number of thiophene rings is 1. The molecule has 0 saturated heterocycles. The summed E-state index contributed by atoms with van der Waals surface area (Å²) in [6, 6.07) is 28.2. The Morgan fingerprint density at radius 3 is 2.43 bits per heavy atom. The molecule has 1 atom stereocenters. The summed E-state index contributed by atoms with van der Waals surface area (Å²) in [5.74, 6) is 6.81. The molecule has 0 radical (unpaired) electrons. The van der Waals surface area contributed by atoms with E-state index in [9.17, 15) is 4.79 Å². The van der Waals surface area contributed by atoms with E-state index in [1.54, 1.807) is 23.5 Å². The van der Waals surface area contributed by atoms with Gasteiger partial charge in [0.15, 0.2) is 6.61 Å². The molecule has 4 nitrogen and oxygen atoms in total. The van der Waals surface area contributed by atoms with Gasteiger partial charge in [0.05, 0.1) is 5.92 Å². The molecule has 1 heterocycles. The third-order valence-electron chi connectivity index (χ3n) is 5.61. The third-order valence-corrected chi connectivity index (χ3v) is 6.66. The van der Waals surface area contributed by atoms with Gasteiger partial charge in [-0.05, 0) is 79.1 Å². The van der Waals surface area contributed by atoms with Crippen LogP contribution in [0.3, 0.4) is 0 Å². The SMILES string of the molecule is Cc1ccc(-c2ccc(C(C#Cc3ccccc3)/C=C\COc3ccc(OCC(=O)O)c(C)c3)cc2)s1. The van der Waals surface area contributed by atoms with Crippen molar-refractivity contribution in [2.45, 2.75) is 19.8 Å². The molecule has 0 aliphatic rings. The van der Waals surface area contributed by atoms with E-state index in [0.717, 1.165) is 16.7 Å². The van der Waals surface area contributed by atoms with Crippen LogP contribution in [0.5, 0.6) is 11.5 Å². The number of rotatable bonds is 9. The zero-order chi connectivity index (χ0) is 26.0.